The molecule has 1 unspecified atom stereocenters. The van der Waals surface area contributed by atoms with Gasteiger partial charge in [-0.3, -0.25) is 0 Å². The van der Waals surface area contributed by atoms with Crippen LogP contribution in [0.25, 0.3) is 0 Å². The van der Waals surface area contributed by atoms with Crippen molar-refractivity contribution < 1.29 is 9.13 Å². The lowest BCUT2D eigenvalue weighted by atomic mass is 10.3. The molecule has 1 fully saturated rings. The zero-order valence-corrected chi connectivity index (χ0v) is 10.8. The maximum absolute atomic E-state index is 13.8. The number of morpholine rings is 1. The van der Waals surface area contributed by atoms with Crippen LogP contribution in [0.15, 0.2) is 6.20 Å². The molecule has 0 amide bonds. The number of rotatable bonds is 4. The number of anilines is 2. The van der Waals surface area contributed by atoms with Crippen LogP contribution in [0.3, 0.4) is 0 Å². The number of hydrogen-bond acceptors (Lipinski definition) is 5. The lowest BCUT2D eigenvalue weighted by Gasteiger charge is -2.32. The van der Waals surface area contributed by atoms with Gasteiger partial charge in [-0.2, -0.15) is 4.98 Å². The largest absolute Gasteiger partial charge is 0.375 e. The second-order valence-electron chi connectivity index (χ2n) is 4.42. The van der Waals surface area contributed by atoms with E-state index >= 15 is 0 Å². The van der Waals surface area contributed by atoms with Gasteiger partial charge in [0.05, 0.1) is 18.9 Å². The van der Waals surface area contributed by atoms with E-state index in [0.29, 0.717) is 31.5 Å². The molecule has 2 heterocycles. The Labute approximate surface area is 106 Å². The van der Waals surface area contributed by atoms with E-state index in [4.69, 9.17) is 4.74 Å². The molecule has 1 aliphatic heterocycles. The van der Waals surface area contributed by atoms with Gasteiger partial charge in [0.25, 0.3) is 0 Å². The van der Waals surface area contributed by atoms with Crippen molar-refractivity contribution in [2.75, 3.05) is 36.5 Å². The first-order chi connectivity index (χ1) is 8.70. The first-order valence-electron chi connectivity index (χ1n) is 6.33. The quantitative estimate of drug-likeness (QED) is 0.885. The Morgan fingerprint density at radius 3 is 3.17 bits per heavy atom. The van der Waals surface area contributed by atoms with Gasteiger partial charge in [0, 0.05) is 19.6 Å². The minimum Gasteiger partial charge on any atom is -0.375 e. The SMILES string of the molecule is CCCNc1ncc(F)c(N2CCOC(C)C2)n1. The summed E-state index contributed by atoms with van der Waals surface area (Å²) in [7, 11) is 0. The molecule has 1 N–H and O–H groups in total. The summed E-state index contributed by atoms with van der Waals surface area (Å²) in [5, 5.41) is 3.07. The molecule has 100 valence electrons. The van der Waals surface area contributed by atoms with Gasteiger partial charge in [0.15, 0.2) is 11.6 Å². The monoisotopic (exact) mass is 254 g/mol. The summed E-state index contributed by atoms with van der Waals surface area (Å²) in [6.07, 6.45) is 2.30. The molecule has 2 rings (SSSR count). The summed E-state index contributed by atoms with van der Waals surface area (Å²) in [6, 6.07) is 0. The Balaban J connectivity index is 2.14. The predicted molar refractivity (Wildman–Crippen MR) is 68.4 cm³/mol. The molecule has 0 aliphatic carbocycles. The van der Waals surface area contributed by atoms with E-state index in [1.165, 1.54) is 6.20 Å². The predicted octanol–water partition coefficient (Wildman–Crippen LogP) is 1.66. The van der Waals surface area contributed by atoms with Crippen LogP contribution in [-0.2, 0) is 4.74 Å². The highest BCUT2D eigenvalue weighted by atomic mass is 19.1. The van der Waals surface area contributed by atoms with E-state index in [2.05, 4.69) is 22.2 Å². The van der Waals surface area contributed by atoms with Crippen LogP contribution in [0.5, 0.6) is 0 Å². The zero-order valence-electron chi connectivity index (χ0n) is 10.8. The summed E-state index contributed by atoms with van der Waals surface area (Å²) < 4.78 is 19.2. The van der Waals surface area contributed by atoms with E-state index in [9.17, 15) is 4.39 Å². The second kappa shape index (κ2) is 5.95. The van der Waals surface area contributed by atoms with Crippen molar-refractivity contribution in [3.8, 4) is 0 Å². The van der Waals surface area contributed by atoms with Crippen LogP contribution in [0.1, 0.15) is 20.3 Å². The number of aromatic nitrogens is 2. The maximum atomic E-state index is 13.8. The maximum Gasteiger partial charge on any atom is 0.224 e. The van der Waals surface area contributed by atoms with Crippen molar-refractivity contribution in [3.63, 3.8) is 0 Å². The minimum atomic E-state index is -0.383. The molecule has 0 aromatic carbocycles. The number of nitrogens with one attached hydrogen (secondary N) is 1. The van der Waals surface area contributed by atoms with Gasteiger partial charge in [-0.05, 0) is 13.3 Å². The van der Waals surface area contributed by atoms with Crippen molar-refractivity contribution in [1.29, 1.82) is 0 Å². The Bertz CT molecular complexity index is 402. The number of hydrogen-bond donors (Lipinski definition) is 1. The minimum absolute atomic E-state index is 0.0974. The smallest absolute Gasteiger partial charge is 0.224 e. The topological polar surface area (TPSA) is 50.3 Å². The zero-order chi connectivity index (χ0) is 13.0. The third kappa shape index (κ3) is 3.07. The molecule has 1 atom stereocenters. The third-order valence-electron chi connectivity index (χ3n) is 2.80. The summed E-state index contributed by atoms with van der Waals surface area (Å²) in [5.41, 5.74) is 0. The van der Waals surface area contributed by atoms with Crippen LogP contribution < -0.4 is 10.2 Å². The molecule has 0 saturated carbocycles. The molecule has 1 saturated heterocycles. The van der Waals surface area contributed by atoms with Crippen molar-refractivity contribution in [2.24, 2.45) is 0 Å². The molecular formula is C12H19FN4O. The van der Waals surface area contributed by atoms with Crippen LogP contribution in [0, 0.1) is 5.82 Å². The third-order valence-corrected chi connectivity index (χ3v) is 2.80. The summed E-state index contributed by atoms with van der Waals surface area (Å²) in [6.45, 7) is 6.72. The Hall–Kier alpha value is -1.43. The molecule has 18 heavy (non-hydrogen) atoms. The van der Waals surface area contributed by atoms with Gasteiger partial charge >= 0.3 is 0 Å². The number of halogens is 1. The van der Waals surface area contributed by atoms with Crippen molar-refractivity contribution >= 4 is 11.8 Å². The fraction of sp³-hybridized carbons (Fsp3) is 0.667. The molecule has 0 radical (unpaired) electrons. The first kappa shape index (κ1) is 13.0. The molecular weight excluding hydrogens is 235 g/mol. The highest BCUT2D eigenvalue weighted by molar-refractivity contribution is 5.44. The molecule has 0 bridgehead atoms. The standard InChI is InChI=1S/C12H19FN4O/c1-3-4-14-12-15-7-10(13)11(16-12)17-5-6-18-9(2)8-17/h7,9H,3-6,8H2,1-2H3,(H,14,15,16). The van der Waals surface area contributed by atoms with Gasteiger partial charge in [-0.15, -0.1) is 0 Å². The average molecular weight is 254 g/mol. The lowest BCUT2D eigenvalue weighted by molar-refractivity contribution is 0.0527. The average Bonchev–Trinajstić information content (AvgIpc) is 2.38. The first-order valence-corrected chi connectivity index (χ1v) is 6.33. The van der Waals surface area contributed by atoms with E-state index in [-0.39, 0.29) is 11.9 Å². The fourth-order valence-electron chi connectivity index (χ4n) is 1.91. The van der Waals surface area contributed by atoms with Gasteiger partial charge in [-0.25, -0.2) is 9.37 Å². The molecule has 5 nitrogen and oxygen atoms in total. The highest BCUT2D eigenvalue weighted by Crippen LogP contribution is 2.19. The van der Waals surface area contributed by atoms with E-state index in [1.807, 2.05) is 11.8 Å². The van der Waals surface area contributed by atoms with Crippen LogP contribution >= 0.6 is 0 Å². The molecule has 0 spiro atoms. The van der Waals surface area contributed by atoms with Crippen LogP contribution in [0.2, 0.25) is 0 Å². The van der Waals surface area contributed by atoms with Crippen molar-refractivity contribution in [2.45, 2.75) is 26.4 Å². The molecule has 1 aromatic heterocycles. The van der Waals surface area contributed by atoms with Crippen molar-refractivity contribution in [1.82, 2.24) is 9.97 Å². The Morgan fingerprint density at radius 2 is 2.44 bits per heavy atom. The van der Waals surface area contributed by atoms with Crippen molar-refractivity contribution in [3.05, 3.63) is 12.0 Å². The molecule has 6 heteroatoms. The summed E-state index contributed by atoms with van der Waals surface area (Å²) in [4.78, 5) is 10.1. The van der Waals surface area contributed by atoms with Gasteiger partial charge in [0.2, 0.25) is 5.95 Å². The van der Waals surface area contributed by atoms with E-state index in [0.717, 1.165) is 13.0 Å². The lowest BCUT2D eigenvalue weighted by Crippen LogP contribution is -2.42. The Kier molecular flexibility index (Phi) is 4.30. The van der Waals surface area contributed by atoms with Gasteiger partial charge in [-0.1, -0.05) is 6.92 Å². The van der Waals surface area contributed by atoms with E-state index in [1.54, 1.807) is 0 Å². The molecule has 1 aliphatic rings. The second-order valence-corrected chi connectivity index (χ2v) is 4.42. The van der Waals surface area contributed by atoms with Gasteiger partial charge in [0.1, 0.15) is 0 Å². The summed E-state index contributed by atoms with van der Waals surface area (Å²) >= 11 is 0. The Morgan fingerprint density at radius 1 is 1.61 bits per heavy atom. The number of ether oxygens (including phenoxy) is 1. The number of nitrogens with zero attached hydrogens (tertiary/aromatic N) is 3. The summed E-state index contributed by atoms with van der Waals surface area (Å²) in [5.74, 6) is 0.456. The highest BCUT2D eigenvalue weighted by Gasteiger charge is 2.21. The van der Waals surface area contributed by atoms with Crippen LogP contribution in [0.4, 0.5) is 16.2 Å². The fourth-order valence-corrected chi connectivity index (χ4v) is 1.91. The molecule has 1 aromatic rings. The van der Waals surface area contributed by atoms with Crippen LogP contribution in [-0.4, -0.2) is 42.3 Å². The van der Waals surface area contributed by atoms with E-state index < -0.39 is 0 Å². The normalized spacial score (nSPS) is 19.9. The van der Waals surface area contributed by atoms with Gasteiger partial charge < -0.3 is 15.0 Å².